The minimum Gasteiger partial charge on any atom is -0.330 e. The zero-order chi connectivity index (χ0) is 12.8. The fourth-order valence-electron chi connectivity index (χ4n) is 2.71. The van der Waals surface area contributed by atoms with Crippen LogP contribution < -0.4 is 5.73 Å². The van der Waals surface area contributed by atoms with Crippen LogP contribution in [0.15, 0.2) is 23.9 Å². The fourth-order valence-corrected chi connectivity index (χ4v) is 2.71. The van der Waals surface area contributed by atoms with Gasteiger partial charge in [-0.25, -0.2) is 0 Å². The molecule has 1 fully saturated rings. The van der Waals surface area contributed by atoms with Crippen LogP contribution in [0.4, 0.5) is 0 Å². The van der Waals surface area contributed by atoms with Gasteiger partial charge < -0.3 is 5.73 Å². The molecule has 1 saturated carbocycles. The summed E-state index contributed by atoms with van der Waals surface area (Å²) in [6.07, 6.45) is 13.0. The maximum atomic E-state index is 5.51. The van der Waals surface area contributed by atoms with E-state index in [0.29, 0.717) is 6.04 Å². The van der Waals surface area contributed by atoms with Gasteiger partial charge in [-0.15, -0.1) is 0 Å². The van der Waals surface area contributed by atoms with Crippen molar-refractivity contribution in [3.8, 4) is 0 Å². The molecular weight excluding hydrogens is 222 g/mol. The largest absolute Gasteiger partial charge is 0.330 e. The fraction of sp³-hybridized carbons (Fsp3) is 0.667. The van der Waals surface area contributed by atoms with Gasteiger partial charge in [0.15, 0.2) is 0 Å². The van der Waals surface area contributed by atoms with Crippen LogP contribution >= 0.6 is 0 Å². The van der Waals surface area contributed by atoms with Gasteiger partial charge in [0.25, 0.3) is 0 Å². The summed E-state index contributed by atoms with van der Waals surface area (Å²) in [5, 5.41) is 4.73. The van der Waals surface area contributed by atoms with Gasteiger partial charge in [-0.2, -0.15) is 5.10 Å². The summed E-state index contributed by atoms with van der Waals surface area (Å²) in [5.74, 6) is 0. The molecule has 1 aromatic heterocycles. The molecule has 18 heavy (non-hydrogen) atoms. The molecule has 0 radical (unpaired) electrons. The molecule has 1 aliphatic carbocycles. The molecule has 0 aromatic carbocycles. The van der Waals surface area contributed by atoms with E-state index >= 15 is 0 Å². The number of nitrogens with two attached hydrogens (primary N) is 1. The molecule has 0 atom stereocenters. The molecule has 2 rings (SSSR count). The molecule has 0 aliphatic heterocycles. The van der Waals surface area contributed by atoms with E-state index in [4.69, 9.17) is 10.8 Å². The molecule has 0 saturated heterocycles. The van der Waals surface area contributed by atoms with Crippen LogP contribution in [0, 0.1) is 0 Å². The van der Waals surface area contributed by atoms with E-state index in [-0.39, 0.29) is 0 Å². The molecule has 3 nitrogen and oxygen atoms in total. The highest BCUT2D eigenvalue weighted by Crippen LogP contribution is 2.27. The second kappa shape index (κ2) is 6.74. The number of hydrogen-bond donors (Lipinski definition) is 1. The van der Waals surface area contributed by atoms with Crippen molar-refractivity contribution >= 4 is 0 Å². The van der Waals surface area contributed by atoms with Crippen LogP contribution in [0.25, 0.3) is 0 Å². The molecule has 1 aromatic rings. The van der Waals surface area contributed by atoms with E-state index in [1.165, 1.54) is 43.4 Å². The van der Waals surface area contributed by atoms with Crippen molar-refractivity contribution in [2.24, 2.45) is 5.73 Å². The molecule has 0 amide bonds. The minimum atomic E-state index is 0.640. The SMILES string of the molecule is CC(=CCCN)Cc1ccn(C2CCCCC2)n1. The standard InChI is InChI=1S/C15H25N3/c1-13(6-5-10-16)12-14-9-11-18(17-14)15-7-3-2-4-8-15/h6,9,11,15H,2-5,7-8,10,12,16H2,1H3. The number of rotatable bonds is 5. The Balaban J connectivity index is 1.93. The Morgan fingerprint density at radius 1 is 1.44 bits per heavy atom. The Kier molecular flexibility index (Phi) is 5.00. The molecule has 3 heteroatoms. The number of nitrogens with zero attached hydrogens (tertiary/aromatic N) is 2. The first-order valence-electron chi connectivity index (χ1n) is 7.19. The highest BCUT2D eigenvalue weighted by Gasteiger charge is 2.15. The average molecular weight is 247 g/mol. The molecule has 1 aliphatic rings. The number of hydrogen-bond acceptors (Lipinski definition) is 2. The third-order valence-electron chi connectivity index (χ3n) is 3.73. The average Bonchev–Trinajstić information content (AvgIpc) is 2.86. The molecule has 100 valence electrons. The predicted molar refractivity (Wildman–Crippen MR) is 75.5 cm³/mol. The van der Waals surface area contributed by atoms with Crippen molar-refractivity contribution in [1.29, 1.82) is 0 Å². The van der Waals surface area contributed by atoms with Gasteiger partial charge in [-0.05, 0) is 38.8 Å². The zero-order valence-electron chi connectivity index (χ0n) is 11.4. The van der Waals surface area contributed by atoms with Crippen molar-refractivity contribution in [1.82, 2.24) is 9.78 Å². The van der Waals surface area contributed by atoms with Crippen LogP contribution in [0.2, 0.25) is 0 Å². The second-order valence-corrected chi connectivity index (χ2v) is 5.38. The lowest BCUT2D eigenvalue weighted by Gasteiger charge is -2.21. The first-order chi connectivity index (χ1) is 8.79. The van der Waals surface area contributed by atoms with Gasteiger partial charge in [0.1, 0.15) is 0 Å². The second-order valence-electron chi connectivity index (χ2n) is 5.38. The molecule has 0 bridgehead atoms. The van der Waals surface area contributed by atoms with Crippen LogP contribution in [-0.2, 0) is 6.42 Å². The van der Waals surface area contributed by atoms with Crippen molar-refractivity contribution in [2.75, 3.05) is 6.54 Å². The van der Waals surface area contributed by atoms with Crippen molar-refractivity contribution < 1.29 is 0 Å². The Morgan fingerprint density at radius 3 is 2.94 bits per heavy atom. The van der Waals surface area contributed by atoms with Crippen molar-refractivity contribution in [3.63, 3.8) is 0 Å². The smallest absolute Gasteiger partial charge is 0.0664 e. The van der Waals surface area contributed by atoms with Crippen LogP contribution in [-0.4, -0.2) is 16.3 Å². The number of aromatic nitrogens is 2. The first kappa shape index (κ1) is 13.3. The summed E-state index contributed by atoms with van der Waals surface area (Å²) in [7, 11) is 0. The molecule has 2 N–H and O–H groups in total. The van der Waals surface area contributed by atoms with Gasteiger partial charge >= 0.3 is 0 Å². The normalized spacial score (nSPS) is 18.2. The lowest BCUT2D eigenvalue weighted by atomic mass is 9.96. The van der Waals surface area contributed by atoms with Crippen molar-refractivity contribution in [2.45, 2.75) is 57.9 Å². The van der Waals surface area contributed by atoms with E-state index in [2.05, 4.69) is 29.9 Å². The van der Waals surface area contributed by atoms with Gasteiger partial charge in [0.05, 0.1) is 11.7 Å². The summed E-state index contributed by atoms with van der Waals surface area (Å²) in [6.45, 7) is 2.89. The topological polar surface area (TPSA) is 43.8 Å². The lowest BCUT2D eigenvalue weighted by molar-refractivity contribution is 0.328. The maximum absolute atomic E-state index is 5.51. The van der Waals surface area contributed by atoms with Gasteiger partial charge in [-0.1, -0.05) is 30.9 Å². The third-order valence-corrected chi connectivity index (χ3v) is 3.73. The van der Waals surface area contributed by atoms with Gasteiger partial charge in [0.2, 0.25) is 0 Å². The zero-order valence-corrected chi connectivity index (χ0v) is 11.4. The minimum absolute atomic E-state index is 0.640. The Hall–Kier alpha value is -1.09. The highest BCUT2D eigenvalue weighted by molar-refractivity contribution is 5.12. The van der Waals surface area contributed by atoms with E-state index < -0.39 is 0 Å². The Labute approximate surface area is 110 Å². The lowest BCUT2D eigenvalue weighted by Crippen LogP contribution is -2.13. The van der Waals surface area contributed by atoms with E-state index in [0.717, 1.165) is 19.4 Å². The van der Waals surface area contributed by atoms with Crippen LogP contribution in [0.3, 0.4) is 0 Å². The quantitative estimate of drug-likeness (QED) is 0.812. The first-order valence-corrected chi connectivity index (χ1v) is 7.19. The predicted octanol–water partition coefficient (Wildman–Crippen LogP) is 3.23. The van der Waals surface area contributed by atoms with Crippen LogP contribution in [0.1, 0.15) is 57.2 Å². The summed E-state index contributed by atoms with van der Waals surface area (Å²) in [6, 6.07) is 2.80. The van der Waals surface area contributed by atoms with Crippen molar-refractivity contribution in [3.05, 3.63) is 29.6 Å². The Morgan fingerprint density at radius 2 is 2.22 bits per heavy atom. The van der Waals surface area contributed by atoms with Gasteiger partial charge in [-0.3, -0.25) is 4.68 Å². The summed E-state index contributed by atoms with van der Waals surface area (Å²) < 4.78 is 2.19. The van der Waals surface area contributed by atoms with E-state index in [1.54, 1.807) is 0 Å². The Bertz CT molecular complexity index is 386. The van der Waals surface area contributed by atoms with Crippen LogP contribution in [0.5, 0.6) is 0 Å². The summed E-state index contributed by atoms with van der Waals surface area (Å²) in [5.41, 5.74) is 8.06. The molecule has 1 heterocycles. The van der Waals surface area contributed by atoms with E-state index in [9.17, 15) is 0 Å². The highest BCUT2D eigenvalue weighted by atomic mass is 15.3. The molecule has 0 unspecified atom stereocenters. The maximum Gasteiger partial charge on any atom is 0.0664 e. The summed E-state index contributed by atoms with van der Waals surface area (Å²) >= 11 is 0. The third kappa shape index (κ3) is 3.70. The van der Waals surface area contributed by atoms with E-state index in [1.807, 2.05) is 0 Å². The molecular formula is C15H25N3. The monoisotopic (exact) mass is 247 g/mol. The summed E-state index contributed by atoms with van der Waals surface area (Å²) in [4.78, 5) is 0. The molecule has 0 spiro atoms. The number of allylic oxidation sites excluding steroid dienone is 1. The van der Waals surface area contributed by atoms with Gasteiger partial charge in [0, 0.05) is 12.6 Å².